The van der Waals surface area contributed by atoms with E-state index in [0.717, 1.165) is 24.4 Å². The van der Waals surface area contributed by atoms with Gasteiger partial charge in [0.2, 0.25) is 0 Å². The normalized spacial score (nSPS) is 13.1. The average Bonchev–Trinajstić information content (AvgIpc) is 2.39. The van der Waals surface area contributed by atoms with Crippen LogP contribution in [0.2, 0.25) is 0 Å². The molecule has 0 aliphatic rings. The Morgan fingerprint density at radius 2 is 1.71 bits per heavy atom. The zero-order chi connectivity index (χ0) is 13.3. The van der Waals surface area contributed by atoms with Crippen LogP contribution in [0.5, 0.6) is 0 Å². The molecule has 0 atom stereocenters. The molecule has 1 N–H and O–H groups in total. The second-order valence-corrected chi connectivity index (χ2v) is 6.78. The molecule has 0 fully saturated rings. The van der Waals surface area contributed by atoms with Crippen molar-refractivity contribution in [2.24, 2.45) is 5.41 Å². The Bertz CT molecular complexity index is 353. The van der Waals surface area contributed by atoms with E-state index in [1.54, 1.807) is 0 Å². The molecule has 0 saturated heterocycles. The zero-order valence-corrected chi connectivity index (χ0v) is 12.3. The van der Waals surface area contributed by atoms with Gasteiger partial charge < -0.3 is 9.84 Å². The predicted molar refractivity (Wildman–Crippen MR) is 71.0 cm³/mol. The van der Waals surface area contributed by atoms with E-state index in [2.05, 4.69) is 45.1 Å². The maximum absolute atomic E-state index is 5.17. The van der Waals surface area contributed by atoms with Gasteiger partial charge >= 0.3 is 0 Å². The van der Waals surface area contributed by atoms with Gasteiger partial charge in [-0.15, -0.1) is 0 Å². The van der Waals surface area contributed by atoms with Crippen molar-refractivity contribution in [3.05, 3.63) is 17.0 Å². The average molecular weight is 238 g/mol. The smallest absolute Gasteiger partial charge is 0.138 e. The van der Waals surface area contributed by atoms with Crippen molar-refractivity contribution >= 4 is 0 Å². The lowest BCUT2D eigenvalue weighted by Crippen LogP contribution is -2.42. The number of nitrogens with one attached hydrogen (secondary N) is 1. The highest BCUT2D eigenvalue weighted by Gasteiger charge is 2.25. The summed E-state index contributed by atoms with van der Waals surface area (Å²) in [6.07, 6.45) is 1.13. The monoisotopic (exact) mass is 238 g/mol. The van der Waals surface area contributed by atoms with E-state index in [4.69, 9.17) is 4.52 Å². The number of aryl methyl sites for hydroxylation is 2. The van der Waals surface area contributed by atoms with Crippen LogP contribution in [0.4, 0.5) is 0 Å². The minimum Gasteiger partial charge on any atom is -0.361 e. The summed E-state index contributed by atoms with van der Waals surface area (Å²) in [6, 6.07) is 0. The number of nitrogens with zero attached hydrogens (tertiary/aromatic N) is 1. The first-order valence-corrected chi connectivity index (χ1v) is 6.27. The van der Waals surface area contributed by atoms with Gasteiger partial charge in [0.15, 0.2) is 0 Å². The van der Waals surface area contributed by atoms with Gasteiger partial charge in [-0.3, -0.25) is 0 Å². The second-order valence-electron chi connectivity index (χ2n) is 6.78. The van der Waals surface area contributed by atoms with E-state index in [9.17, 15) is 0 Å². The van der Waals surface area contributed by atoms with Gasteiger partial charge in [-0.2, -0.15) is 0 Å². The molecule has 0 aliphatic carbocycles. The van der Waals surface area contributed by atoms with Crippen molar-refractivity contribution in [2.45, 2.75) is 67.0 Å². The molecule has 0 radical (unpaired) electrons. The van der Waals surface area contributed by atoms with Gasteiger partial charge in [-0.05, 0) is 39.5 Å². The van der Waals surface area contributed by atoms with Crippen molar-refractivity contribution < 1.29 is 4.52 Å². The van der Waals surface area contributed by atoms with Crippen LogP contribution in [-0.2, 0) is 6.54 Å². The Labute approximate surface area is 105 Å². The molecule has 1 heterocycles. The fraction of sp³-hybridized carbons (Fsp3) is 0.786. The highest BCUT2D eigenvalue weighted by Crippen LogP contribution is 2.27. The van der Waals surface area contributed by atoms with E-state index in [0.29, 0.717) is 5.41 Å². The largest absolute Gasteiger partial charge is 0.361 e. The minimum absolute atomic E-state index is 0.119. The Kier molecular flexibility index (Phi) is 4.03. The van der Waals surface area contributed by atoms with Crippen LogP contribution in [-0.4, -0.2) is 10.7 Å². The molecule has 3 nitrogen and oxygen atoms in total. The van der Waals surface area contributed by atoms with E-state index in [-0.39, 0.29) is 5.54 Å². The van der Waals surface area contributed by atoms with Gasteiger partial charge in [-0.25, -0.2) is 0 Å². The Hall–Kier alpha value is -0.830. The molecule has 3 heteroatoms. The molecule has 0 unspecified atom stereocenters. The SMILES string of the molecule is Cc1noc(C)c1CNC(C)(C)CC(C)(C)C. The van der Waals surface area contributed by atoms with Gasteiger partial charge in [0.25, 0.3) is 0 Å². The van der Waals surface area contributed by atoms with Crippen molar-refractivity contribution in [1.29, 1.82) is 0 Å². The van der Waals surface area contributed by atoms with Crippen LogP contribution in [0, 0.1) is 19.3 Å². The summed E-state index contributed by atoms with van der Waals surface area (Å²) in [7, 11) is 0. The number of hydrogen-bond donors (Lipinski definition) is 1. The Morgan fingerprint density at radius 3 is 2.12 bits per heavy atom. The summed E-state index contributed by atoms with van der Waals surface area (Å²) in [5.74, 6) is 0.918. The molecule has 0 spiro atoms. The fourth-order valence-corrected chi connectivity index (χ4v) is 2.47. The van der Waals surface area contributed by atoms with E-state index in [1.165, 1.54) is 5.56 Å². The topological polar surface area (TPSA) is 38.1 Å². The quantitative estimate of drug-likeness (QED) is 0.871. The van der Waals surface area contributed by atoms with Crippen molar-refractivity contribution in [1.82, 2.24) is 10.5 Å². The van der Waals surface area contributed by atoms with Crippen molar-refractivity contribution in [3.8, 4) is 0 Å². The van der Waals surface area contributed by atoms with Crippen LogP contribution in [0.3, 0.4) is 0 Å². The molecule has 0 amide bonds. The molecule has 0 aromatic carbocycles. The van der Waals surface area contributed by atoms with Gasteiger partial charge in [0.05, 0.1) is 5.69 Å². The highest BCUT2D eigenvalue weighted by atomic mass is 16.5. The Balaban J connectivity index is 2.61. The van der Waals surface area contributed by atoms with Crippen LogP contribution in [0.15, 0.2) is 4.52 Å². The third-order valence-corrected chi connectivity index (χ3v) is 2.90. The first kappa shape index (κ1) is 14.2. The van der Waals surface area contributed by atoms with Crippen molar-refractivity contribution in [2.75, 3.05) is 0 Å². The van der Waals surface area contributed by atoms with Gasteiger partial charge in [-0.1, -0.05) is 25.9 Å². The number of hydrogen-bond acceptors (Lipinski definition) is 3. The van der Waals surface area contributed by atoms with Crippen LogP contribution in [0.25, 0.3) is 0 Å². The summed E-state index contributed by atoms with van der Waals surface area (Å²) >= 11 is 0. The second kappa shape index (κ2) is 4.81. The molecule has 0 bridgehead atoms. The highest BCUT2D eigenvalue weighted by molar-refractivity contribution is 5.20. The van der Waals surface area contributed by atoms with E-state index in [1.807, 2.05) is 13.8 Å². The lowest BCUT2D eigenvalue weighted by molar-refractivity contribution is 0.240. The van der Waals surface area contributed by atoms with Crippen LogP contribution >= 0.6 is 0 Å². The molecule has 0 aliphatic heterocycles. The number of rotatable bonds is 4. The summed E-state index contributed by atoms with van der Waals surface area (Å²) < 4.78 is 5.17. The summed E-state index contributed by atoms with van der Waals surface area (Å²) in [5, 5.41) is 7.58. The summed E-state index contributed by atoms with van der Waals surface area (Å²) in [6.45, 7) is 16.1. The molecule has 17 heavy (non-hydrogen) atoms. The lowest BCUT2D eigenvalue weighted by Gasteiger charge is -2.33. The first-order valence-electron chi connectivity index (χ1n) is 6.27. The van der Waals surface area contributed by atoms with E-state index < -0.39 is 0 Å². The standard InChI is InChI=1S/C14H26N2O/c1-10-12(11(2)17-16-10)8-15-14(6,7)9-13(3,4)5/h15H,8-9H2,1-7H3. The summed E-state index contributed by atoms with van der Waals surface area (Å²) in [5.41, 5.74) is 2.62. The molecule has 0 saturated carbocycles. The minimum atomic E-state index is 0.119. The van der Waals surface area contributed by atoms with E-state index >= 15 is 0 Å². The maximum Gasteiger partial charge on any atom is 0.138 e. The molecule has 1 aromatic rings. The molecule has 98 valence electrons. The fourth-order valence-electron chi connectivity index (χ4n) is 2.47. The predicted octanol–water partition coefficient (Wildman–Crippen LogP) is 3.60. The maximum atomic E-state index is 5.17. The Morgan fingerprint density at radius 1 is 1.12 bits per heavy atom. The van der Waals surface area contributed by atoms with Gasteiger partial charge in [0, 0.05) is 17.6 Å². The third kappa shape index (κ3) is 4.50. The third-order valence-electron chi connectivity index (χ3n) is 2.90. The molecule has 1 aromatic heterocycles. The van der Waals surface area contributed by atoms with Crippen LogP contribution < -0.4 is 5.32 Å². The molecular formula is C14H26N2O. The first-order chi connectivity index (χ1) is 7.61. The lowest BCUT2D eigenvalue weighted by atomic mass is 9.81. The molecule has 1 rings (SSSR count). The zero-order valence-electron chi connectivity index (χ0n) is 12.3. The van der Waals surface area contributed by atoms with Crippen LogP contribution in [0.1, 0.15) is 58.1 Å². The number of aromatic nitrogens is 1. The molecular weight excluding hydrogens is 212 g/mol. The van der Waals surface area contributed by atoms with Gasteiger partial charge in [0.1, 0.15) is 5.76 Å². The summed E-state index contributed by atoms with van der Waals surface area (Å²) in [4.78, 5) is 0. The van der Waals surface area contributed by atoms with Crippen molar-refractivity contribution in [3.63, 3.8) is 0 Å².